The third-order valence-corrected chi connectivity index (χ3v) is 4.21. The fourth-order valence-electron chi connectivity index (χ4n) is 2.78. The van der Waals surface area contributed by atoms with Gasteiger partial charge in [-0.1, -0.05) is 12.1 Å². The minimum Gasteiger partial charge on any atom is -0.487 e. The summed E-state index contributed by atoms with van der Waals surface area (Å²) < 4.78 is 7.54. The maximum absolute atomic E-state index is 9.51. The molecule has 0 radical (unpaired) electrons. The van der Waals surface area contributed by atoms with Gasteiger partial charge in [0, 0.05) is 6.61 Å². The Bertz CT molecular complexity index is 1010. The molecule has 1 N–H and O–H groups in total. The monoisotopic (exact) mass is 358 g/mol. The van der Waals surface area contributed by atoms with Crippen molar-refractivity contribution in [3.05, 3.63) is 76.6 Å². The molecule has 6 nitrogen and oxygen atoms in total. The largest absolute Gasteiger partial charge is 0.487 e. The van der Waals surface area contributed by atoms with Crippen LogP contribution in [-0.2, 0) is 13.0 Å². The van der Waals surface area contributed by atoms with Crippen LogP contribution in [0.5, 0.6) is 5.75 Å². The fraction of sp³-hybridized carbons (Fsp3) is 0.190. The molecule has 3 rings (SSSR count). The van der Waals surface area contributed by atoms with Crippen LogP contribution in [0.2, 0.25) is 0 Å². The molecule has 1 heterocycles. The summed E-state index contributed by atoms with van der Waals surface area (Å²) in [6.45, 7) is 2.07. The number of aliphatic hydroxyl groups is 1. The Morgan fingerprint density at radius 1 is 1.04 bits per heavy atom. The van der Waals surface area contributed by atoms with Gasteiger partial charge in [0.1, 0.15) is 24.0 Å². The van der Waals surface area contributed by atoms with Gasteiger partial charge in [-0.25, -0.2) is 4.68 Å². The van der Waals surface area contributed by atoms with Gasteiger partial charge in [0.2, 0.25) is 0 Å². The SMILES string of the molecule is Cc1nn(-c2ccc(C#N)cc2)c(COc2ccc(CCO)cc2)c1C#N. The quantitative estimate of drug-likeness (QED) is 0.731. The number of aromatic nitrogens is 2. The normalized spacial score (nSPS) is 10.2. The van der Waals surface area contributed by atoms with E-state index in [1.165, 1.54) is 0 Å². The molecule has 134 valence electrons. The van der Waals surface area contributed by atoms with Crippen molar-refractivity contribution in [1.82, 2.24) is 9.78 Å². The molecule has 0 fully saturated rings. The summed E-state index contributed by atoms with van der Waals surface area (Å²) in [5, 5.41) is 31.9. The highest BCUT2D eigenvalue weighted by molar-refractivity contribution is 5.45. The Morgan fingerprint density at radius 3 is 2.33 bits per heavy atom. The summed E-state index contributed by atoms with van der Waals surface area (Å²) in [5.41, 5.74) is 4.11. The molecule has 0 aliphatic heterocycles. The Balaban J connectivity index is 1.87. The first-order chi connectivity index (χ1) is 13.2. The molecule has 0 spiro atoms. The standard InChI is InChI=1S/C21H18N4O2/c1-15-20(13-23)21(14-27-19-8-4-16(5-9-19)10-11-26)25(24-15)18-6-2-17(12-22)3-7-18/h2-9,26H,10-11,14H2,1H3. The number of rotatable bonds is 6. The summed E-state index contributed by atoms with van der Waals surface area (Å²) in [7, 11) is 0. The van der Waals surface area contributed by atoms with E-state index in [9.17, 15) is 5.26 Å². The van der Waals surface area contributed by atoms with Crippen molar-refractivity contribution in [3.63, 3.8) is 0 Å². The lowest BCUT2D eigenvalue weighted by atomic mass is 10.1. The molecule has 3 aromatic rings. The van der Waals surface area contributed by atoms with E-state index in [4.69, 9.17) is 15.1 Å². The number of hydrogen-bond donors (Lipinski definition) is 1. The summed E-state index contributed by atoms with van der Waals surface area (Å²) in [5.74, 6) is 0.672. The van der Waals surface area contributed by atoms with Crippen LogP contribution in [0, 0.1) is 29.6 Å². The second-order valence-electron chi connectivity index (χ2n) is 6.00. The van der Waals surface area contributed by atoms with Crippen LogP contribution >= 0.6 is 0 Å². The Kier molecular flexibility index (Phi) is 5.51. The highest BCUT2D eigenvalue weighted by atomic mass is 16.5. The van der Waals surface area contributed by atoms with Crippen molar-refractivity contribution in [2.24, 2.45) is 0 Å². The van der Waals surface area contributed by atoms with E-state index in [1.54, 1.807) is 35.9 Å². The molecule has 0 aliphatic carbocycles. The van der Waals surface area contributed by atoms with E-state index in [0.717, 1.165) is 11.3 Å². The molecule has 0 atom stereocenters. The fourth-order valence-corrected chi connectivity index (χ4v) is 2.78. The second-order valence-corrected chi connectivity index (χ2v) is 6.00. The van der Waals surface area contributed by atoms with Crippen LogP contribution in [0.3, 0.4) is 0 Å². The van der Waals surface area contributed by atoms with Gasteiger partial charge in [-0.3, -0.25) is 0 Å². The van der Waals surface area contributed by atoms with Crippen LogP contribution in [-0.4, -0.2) is 21.5 Å². The van der Waals surface area contributed by atoms with Crippen molar-refractivity contribution in [3.8, 4) is 23.6 Å². The maximum atomic E-state index is 9.51. The van der Waals surface area contributed by atoms with Crippen molar-refractivity contribution >= 4 is 0 Å². The van der Waals surface area contributed by atoms with Crippen LogP contribution in [0.4, 0.5) is 0 Å². The van der Waals surface area contributed by atoms with Crippen LogP contribution in [0.1, 0.15) is 28.1 Å². The zero-order valence-corrected chi connectivity index (χ0v) is 14.9. The maximum Gasteiger partial charge on any atom is 0.132 e. The molecule has 0 aliphatic rings. The molecule has 0 unspecified atom stereocenters. The molecule has 1 aromatic heterocycles. The number of aryl methyl sites for hydroxylation is 1. The van der Waals surface area contributed by atoms with Gasteiger partial charge in [0.25, 0.3) is 0 Å². The van der Waals surface area contributed by atoms with Crippen molar-refractivity contribution in [2.75, 3.05) is 6.61 Å². The molecule has 0 amide bonds. The van der Waals surface area contributed by atoms with Crippen molar-refractivity contribution in [1.29, 1.82) is 10.5 Å². The molecular weight excluding hydrogens is 340 g/mol. The molecule has 0 saturated carbocycles. The predicted octanol–water partition coefficient (Wildman–Crippen LogP) is 3.04. The van der Waals surface area contributed by atoms with Crippen LogP contribution < -0.4 is 4.74 Å². The lowest BCUT2D eigenvalue weighted by Crippen LogP contribution is -2.07. The molecule has 27 heavy (non-hydrogen) atoms. The van der Waals surface area contributed by atoms with E-state index in [0.29, 0.717) is 34.7 Å². The smallest absolute Gasteiger partial charge is 0.132 e. The molecule has 2 aromatic carbocycles. The van der Waals surface area contributed by atoms with Gasteiger partial charge in [0.15, 0.2) is 0 Å². The minimum atomic E-state index is 0.106. The second kappa shape index (κ2) is 8.18. The molecule has 0 saturated heterocycles. The number of hydrogen-bond acceptors (Lipinski definition) is 5. The number of aliphatic hydroxyl groups excluding tert-OH is 1. The number of nitrogens with zero attached hydrogens (tertiary/aromatic N) is 4. The first-order valence-corrected chi connectivity index (χ1v) is 8.48. The Morgan fingerprint density at radius 2 is 1.74 bits per heavy atom. The summed E-state index contributed by atoms with van der Waals surface area (Å²) in [6.07, 6.45) is 0.601. The number of benzene rings is 2. The van der Waals surface area contributed by atoms with Crippen molar-refractivity contribution in [2.45, 2.75) is 20.0 Å². The predicted molar refractivity (Wildman–Crippen MR) is 99.3 cm³/mol. The van der Waals surface area contributed by atoms with Crippen LogP contribution in [0.15, 0.2) is 48.5 Å². The average Bonchev–Trinajstić information content (AvgIpc) is 3.03. The highest BCUT2D eigenvalue weighted by Crippen LogP contribution is 2.21. The minimum absolute atomic E-state index is 0.106. The molecular formula is C21H18N4O2. The van der Waals surface area contributed by atoms with Gasteiger partial charge in [-0.2, -0.15) is 15.6 Å². The lowest BCUT2D eigenvalue weighted by Gasteiger charge is -2.10. The average molecular weight is 358 g/mol. The van der Waals surface area contributed by atoms with E-state index >= 15 is 0 Å². The Hall–Kier alpha value is -3.61. The van der Waals surface area contributed by atoms with Gasteiger partial charge in [-0.05, 0) is 55.3 Å². The van der Waals surface area contributed by atoms with Gasteiger partial charge in [-0.15, -0.1) is 0 Å². The summed E-state index contributed by atoms with van der Waals surface area (Å²) in [4.78, 5) is 0. The first kappa shape index (κ1) is 18.2. The highest BCUT2D eigenvalue weighted by Gasteiger charge is 2.17. The third-order valence-electron chi connectivity index (χ3n) is 4.21. The van der Waals surface area contributed by atoms with Crippen molar-refractivity contribution < 1.29 is 9.84 Å². The summed E-state index contributed by atoms with van der Waals surface area (Å²) >= 11 is 0. The third kappa shape index (κ3) is 3.98. The number of ether oxygens (including phenoxy) is 1. The lowest BCUT2D eigenvalue weighted by molar-refractivity contribution is 0.295. The van der Waals surface area contributed by atoms with Gasteiger partial charge >= 0.3 is 0 Å². The zero-order valence-electron chi connectivity index (χ0n) is 14.9. The van der Waals surface area contributed by atoms with E-state index in [1.807, 2.05) is 24.3 Å². The Labute approximate surface area is 157 Å². The zero-order chi connectivity index (χ0) is 19.2. The topological polar surface area (TPSA) is 94.9 Å². The first-order valence-electron chi connectivity index (χ1n) is 8.48. The summed E-state index contributed by atoms with van der Waals surface area (Å²) in [6, 6.07) is 18.8. The van der Waals surface area contributed by atoms with Gasteiger partial charge in [0.05, 0.1) is 28.7 Å². The van der Waals surface area contributed by atoms with E-state index in [2.05, 4.69) is 17.2 Å². The van der Waals surface area contributed by atoms with E-state index in [-0.39, 0.29) is 13.2 Å². The number of nitriles is 2. The van der Waals surface area contributed by atoms with Gasteiger partial charge < -0.3 is 9.84 Å². The van der Waals surface area contributed by atoms with E-state index < -0.39 is 0 Å². The molecule has 6 heteroatoms. The molecule has 0 bridgehead atoms. The van der Waals surface area contributed by atoms with Crippen LogP contribution in [0.25, 0.3) is 5.69 Å².